The SMILES string of the molecule is O=C(NC1CCOCC1)c1cc(Cc2ccc(C(F)(F)F)nc2)c2sccc2n1. The Balaban J connectivity index is 1.58. The number of carbonyl (C=O) groups excluding carboxylic acids is 1. The molecule has 0 aliphatic carbocycles. The largest absolute Gasteiger partial charge is 0.433 e. The van der Waals surface area contributed by atoms with E-state index < -0.39 is 11.9 Å². The van der Waals surface area contributed by atoms with Gasteiger partial charge in [-0.15, -0.1) is 11.3 Å². The Morgan fingerprint density at radius 1 is 1.24 bits per heavy atom. The molecule has 0 unspecified atom stereocenters. The van der Waals surface area contributed by atoms with Crippen LogP contribution in [-0.4, -0.2) is 35.1 Å². The topological polar surface area (TPSA) is 64.1 Å². The Morgan fingerprint density at radius 2 is 2.03 bits per heavy atom. The Morgan fingerprint density at radius 3 is 2.72 bits per heavy atom. The lowest BCUT2D eigenvalue weighted by Crippen LogP contribution is -2.39. The molecule has 1 amide bonds. The van der Waals surface area contributed by atoms with E-state index in [2.05, 4.69) is 15.3 Å². The highest BCUT2D eigenvalue weighted by Gasteiger charge is 2.32. The molecule has 3 aromatic rings. The predicted octanol–water partition coefficient (Wildman–Crippen LogP) is 4.21. The Bertz CT molecular complexity index is 1010. The summed E-state index contributed by atoms with van der Waals surface area (Å²) in [6.45, 7) is 1.24. The highest BCUT2D eigenvalue weighted by atomic mass is 32.1. The van der Waals surface area contributed by atoms with E-state index >= 15 is 0 Å². The third-order valence-electron chi connectivity index (χ3n) is 4.79. The van der Waals surface area contributed by atoms with Crippen LogP contribution < -0.4 is 5.32 Å². The smallest absolute Gasteiger partial charge is 0.381 e. The average Bonchev–Trinajstić information content (AvgIpc) is 3.17. The summed E-state index contributed by atoms with van der Waals surface area (Å²) in [5, 5.41) is 4.87. The quantitative estimate of drug-likeness (QED) is 0.686. The number of halogens is 3. The lowest BCUT2D eigenvalue weighted by Gasteiger charge is -2.23. The van der Waals surface area contributed by atoms with Crippen molar-refractivity contribution in [2.45, 2.75) is 31.5 Å². The minimum Gasteiger partial charge on any atom is -0.381 e. The monoisotopic (exact) mass is 421 g/mol. The number of ether oxygens (including phenoxy) is 1. The molecule has 0 spiro atoms. The van der Waals surface area contributed by atoms with E-state index in [0.29, 0.717) is 36.4 Å². The van der Waals surface area contributed by atoms with Crippen LogP contribution in [0.25, 0.3) is 10.2 Å². The summed E-state index contributed by atoms with van der Waals surface area (Å²) in [5.74, 6) is -0.253. The molecule has 0 aromatic carbocycles. The number of nitrogens with zero attached hydrogens (tertiary/aromatic N) is 2. The second-order valence-corrected chi connectivity index (χ2v) is 7.80. The fourth-order valence-corrected chi connectivity index (χ4v) is 4.14. The third-order valence-corrected chi connectivity index (χ3v) is 5.77. The number of fused-ring (bicyclic) bond motifs is 1. The lowest BCUT2D eigenvalue weighted by molar-refractivity contribution is -0.141. The summed E-state index contributed by atoms with van der Waals surface area (Å²) >= 11 is 1.49. The van der Waals surface area contributed by atoms with Crippen LogP contribution in [0, 0.1) is 0 Å². The van der Waals surface area contributed by atoms with Gasteiger partial charge in [0.1, 0.15) is 11.4 Å². The summed E-state index contributed by atoms with van der Waals surface area (Å²) in [6.07, 6.45) is -1.36. The maximum absolute atomic E-state index is 12.7. The van der Waals surface area contributed by atoms with Gasteiger partial charge >= 0.3 is 6.18 Å². The molecule has 1 aliphatic rings. The van der Waals surface area contributed by atoms with Crippen LogP contribution in [-0.2, 0) is 17.3 Å². The molecular formula is C20H18F3N3O2S. The van der Waals surface area contributed by atoms with E-state index in [4.69, 9.17) is 4.74 Å². The van der Waals surface area contributed by atoms with Crippen molar-refractivity contribution in [3.05, 3.63) is 58.4 Å². The molecule has 1 N–H and O–H groups in total. The van der Waals surface area contributed by atoms with Crippen LogP contribution in [0.5, 0.6) is 0 Å². The molecule has 0 bridgehead atoms. The summed E-state index contributed by atoms with van der Waals surface area (Å²) in [5.41, 5.74) is 1.55. The summed E-state index contributed by atoms with van der Waals surface area (Å²) < 4.78 is 44.4. The normalized spacial score (nSPS) is 15.6. The minimum atomic E-state index is -4.47. The summed E-state index contributed by atoms with van der Waals surface area (Å²) in [6, 6.07) is 5.99. The Kier molecular flexibility index (Phi) is 5.51. The van der Waals surface area contributed by atoms with Crippen LogP contribution in [0.1, 0.15) is 40.2 Å². The number of carbonyl (C=O) groups is 1. The number of rotatable bonds is 4. The maximum atomic E-state index is 12.7. The van der Waals surface area contributed by atoms with Gasteiger partial charge in [-0.25, -0.2) is 4.98 Å². The van der Waals surface area contributed by atoms with Crippen LogP contribution in [0.3, 0.4) is 0 Å². The molecule has 29 heavy (non-hydrogen) atoms. The van der Waals surface area contributed by atoms with Gasteiger partial charge in [0.25, 0.3) is 5.91 Å². The number of hydrogen-bond donors (Lipinski definition) is 1. The highest BCUT2D eigenvalue weighted by Crippen LogP contribution is 2.29. The van der Waals surface area contributed by atoms with Crippen molar-refractivity contribution in [1.82, 2.24) is 15.3 Å². The molecule has 1 aliphatic heterocycles. The van der Waals surface area contributed by atoms with Gasteiger partial charge in [-0.05, 0) is 47.5 Å². The van der Waals surface area contributed by atoms with E-state index in [-0.39, 0.29) is 11.9 Å². The van der Waals surface area contributed by atoms with Gasteiger partial charge in [-0.3, -0.25) is 9.78 Å². The number of alkyl halides is 3. The van der Waals surface area contributed by atoms with E-state index in [0.717, 1.165) is 29.2 Å². The van der Waals surface area contributed by atoms with Crippen molar-refractivity contribution >= 4 is 27.5 Å². The van der Waals surface area contributed by atoms with Crippen molar-refractivity contribution in [3.8, 4) is 0 Å². The van der Waals surface area contributed by atoms with Crippen LogP contribution in [0.2, 0.25) is 0 Å². The number of thiophene rings is 1. The molecule has 1 saturated heterocycles. The average molecular weight is 421 g/mol. The molecule has 152 valence electrons. The van der Waals surface area contributed by atoms with Crippen LogP contribution in [0.4, 0.5) is 13.2 Å². The molecule has 9 heteroatoms. The van der Waals surface area contributed by atoms with Gasteiger partial charge in [-0.1, -0.05) is 6.07 Å². The van der Waals surface area contributed by atoms with E-state index in [1.165, 1.54) is 23.6 Å². The molecular weight excluding hydrogens is 403 g/mol. The van der Waals surface area contributed by atoms with Gasteiger partial charge in [0.15, 0.2) is 0 Å². The number of pyridine rings is 2. The van der Waals surface area contributed by atoms with Gasteiger partial charge < -0.3 is 10.1 Å². The first-order valence-electron chi connectivity index (χ1n) is 9.18. The number of aromatic nitrogens is 2. The second kappa shape index (κ2) is 8.08. The summed E-state index contributed by atoms with van der Waals surface area (Å²) in [4.78, 5) is 20.7. The zero-order chi connectivity index (χ0) is 20.4. The van der Waals surface area contributed by atoms with Crippen LogP contribution in [0.15, 0.2) is 35.8 Å². The molecule has 0 atom stereocenters. The summed E-state index contributed by atoms with van der Waals surface area (Å²) in [7, 11) is 0. The number of amides is 1. The molecule has 1 fully saturated rings. The molecule has 4 rings (SSSR count). The Labute approximate surface area is 168 Å². The molecule has 4 heterocycles. The van der Waals surface area contributed by atoms with Crippen LogP contribution >= 0.6 is 11.3 Å². The number of nitrogens with one attached hydrogen (secondary N) is 1. The number of hydrogen-bond acceptors (Lipinski definition) is 5. The Hall–Kier alpha value is -2.52. The maximum Gasteiger partial charge on any atom is 0.433 e. The fraction of sp³-hybridized carbons (Fsp3) is 0.350. The fourth-order valence-electron chi connectivity index (χ4n) is 3.29. The molecule has 0 saturated carbocycles. The predicted molar refractivity (Wildman–Crippen MR) is 103 cm³/mol. The standard InChI is InChI=1S/C20H18F3N3O2S/c21-20(22,23)17-2-1-12(11-24-17)9-13-10-16(26-15-5-8-29-18(13)15)19(27)25-14-3-6-28-7-4-14/h1-2,5,8,10-11,14H,3-4,6-7,9H2,(H,25,27). The zero-order valence-corrected chi connectivity index (χ0v) is 16.1. The molecule has 0 radical (unpaired) electrons. The highest BCUT2D eigenvalue weighted by molar-refractivity contribution is 7.17. The first-order chi connectivity index (χ1) is 13.9. The third kappa shape index (κ3) is 4.56. The van der Waals surface area contributed by atoms with E-state index in [1.807, 2.05) is 11.4 Å². The first-order valence-corrected chi connectivity index (χ1v) is 10.1. The second-order valence-electron chi connectivity index (χ2n) is 6.89. The van der Waals surface area contributed by atoms with Gasteiger partial charge in [0, 0.05) is 31.9 Å². The first kappa shape index (κ1) is 19.8. The van der Waals surface area contributed by atoms with Crippen molar-refractivity contribution in [3.63, 3.8) is 0 Å². The van der Waals surface area contributed by atoms with Crippen molar-refractivity contribution < 1.29 is 22.7 Å². The molecule has 5 nitrogen and oxygen atoms in total. The van der Waals surface area contributed by atoms with E-state index in [1.54, 1.807) is 6.07 Å². The van der Waals surface area contributed by atoms with Gasteiger partial charge in [0.2, 0.25) is 0 Å². The lowest BCUT2D eigenvalue weighted by atomic mass is 10.0. The van der Waals surface area contributed by atoms with Crippen molar-refractivity contribution in [2.24, 2.45) is 0 Å². The minimum absolute atomic E-state index is 0.0544. The zero-order valence-electron chi connectivity index (χ0n) is 15.3. The van der Waals surface area contributed by atoms with Crippen molar-refractivity contribution in [1.29, 1.82) is 0 Å². The van der Waals surface area contributed by atoms with Crippen molar-refractivity contribution in [2.75, 3.05) is 13.2 Å². The molecule has 3 aromatic heterocycles. The van der Waals surface area contributed by atoms with E-state index in [9.17, 15) is 18.0 Å². The van der Waals surface area contributed by atoms with Gasteiger partial charge in [-0.2, -0.15) is 13.2 Å². The van der Waals surface area contributed by atoms with Gasteiger partial charge in [0.05, 0.1) is 10.2 Å².